The van der Waals surface area contributed by atoms with Gasteiger partial charge >= 0.3 is 0 Å². The van der Waals surface area contributed by atoms with Crippen molar-refractivity contribution in [1.82, 2.24) is 5.32 Å². The fourth-order valence-electron chi connectivity index (χ4n) is 2.64. The molecule has 0 atom stereocenters. The lowest BCUT2D eigenvalue weighted by molar-refractivity contribution is 0.0934. The molecule has 0 aliphatic heterocycles. The Bertz CT molecular complexity index is 588. The summed E-state index contributed by atoms with van der Waals surface area (Å²) >= 11 is 0. The molecule has 2 aromatic rings. The summed E-state index contributed by atoms with van der Waals surface area (Å²) in [6.45, 7) is 4.21. The number of amides is 1. The van der Waals surface area contributed by atoms with Crippen LogP contribution < -0.4 is 5.32 Å². The second-order valence-corrected chi connectivity index (χ2v) is 5.63. The van der Waals surface area contributed by atoms with Crippen LogP contribution in [-0.2, 0) is 12.8 Å². The van der Waals surface area contributed by atoms with Crippen molar-refractivity contribution < 1.29 is 4.79 Å². The Balaban J connectivity index is 2.07. The Hall–Kier alpha value is -2.09. The molecule has 0 bridgehead atoms. The lowest BCUT2D eigenvalue weighted by Crippen LogP contribution is -2.34. The molecule has 2 nitrogen and oxygen atoms in total. The minimum Gasteiger partial charge on any atom is -0.349 e. The second kappa shape index (κ2) is 8.38. The van der Waals surface area contributed by atoms with E-state index in [0.717, 1.165) is 36.8 Å². The zero-order valence-electron chi connectivity index (χ0n) is 13.5. The normalized spacial score (nSPS) is 10.7. The van der Waals surface area contributed by atoms with E-state index in [9.17, 15) is 4.79 Å². The molecule has 116 valence electrons. The standard InChI is InChI=1S/C20H25NO/c1-3-18(4-2)21-20(22)19-13-9-8-12-17(19)15-14-16-10-6-5-7-11-16/h5-13,18H,3-4,14-15H2,1-2H3,(H,21,22). The maximum atomic E-state index is 12.5. The minimum atomic E-state index is 0.0531. The topological polar surface area (TPSA) is 29.1 Å². The fraction of sp³-hybridized carbons (Fsp3) is 0.350. The van der Waals surface area contributed by atoms with Gasteiger partial charge in [-0.2, -0.15) is 0 Å². The zero-order chi connectivity index (χ0) is 15.8. The Morgan fingerprint density at radius 3 is 2.23 bits per heavy atom. The van der Waals surface area contributed by atoms with Crippen LogP contribution in [0.3, 0.4) is 0 Å². The first-order valence-electron chi connectivity index (χ1n) is 8.17. The smallest absolute Gasteiger partial charge is 0.251 e. The van der Waals surface area contributed by atoms with Crippen molar-refractivity contribution in [3.8, 4) is 0 Å². The summed E-state index contributed by atoms with van der Waals surface area (Å²) in [7, 11) is 0. The van der Waals surface area contributed by atoms with Gasteiger partial charge in [0.05, 0.1) is 0 Å². The number of carbonyl (C=O) groups excluding carboxylic acids is 1. The third-order valence-electron chi connectivity index (χ3n) is 4.11. The second-order valence-electron chi connectivity index (χ2n) is 5.63. The molecule has 0 aliphatic rings. The molecule has 0 spiro atoms. The average Bonchev–Trinajstić information content (AvgIpc) is 2.58. The van der Waals surface area contributed by atoms with E-state index in [1.807, 2.05) is 24.3 Å². The molecule has 0 saturated heterocycles. The SMILES string of the molecule is CCC(CC)NC(=O)c1ccccc1CCc1ccccc1. The Labute approximate surface area is 133 Å². The van der Waals surface area contributed by atoms with Crippen LogP contribution in [0.1, 0.15) is 48.2 Å². The van der Waals surface area contributed by atoms with Crippen molar-refractivity contribution >= 4 is 5.91 Å². The number of carbonyl (C=O) groups is 1. The number of aryl methyl sites for hydroxylation is 2. The number of hydrogen-bond donors (Lipinski definition) is 1. The Morgan fingerprint density at radius 2 is 1.55 bits per heavy atom. The van der Waals surface area contributed by atoms with E-state index in [1.54, 1.807) is 0 Å². The average molecular weight is 295 g/mol. The number of hydrogen-bond acceptors (Lipinski definition) is 1. The molecular formula is C20H25NO. The monoisotopic (exact) mass is 295 g/mol. The first-order chi connectivity index (χ1) is 10.7. The third kappa shape index (κ3) is 4.45. The van der Waals surface area contributed by atoms with Gasteiger partial charge in [-0.05, 0) is 42.9 Å². The summed E-state index contributed by atoms with van der Waals surface area (Å²) in [5, 5.41) is 3.13. The highest BCUT2D eigenvalue weighted by molar-refractivity contribution is 5.95. The predicted molar refractivity (Wildman–Crippen MR) is 92.1 cm³/mol. The zero-order valence-corrected chi connectivity index (χ0v) is 13.5. The molecule has 0 unspecified atom stereocenters. The van der Waals surface area contributed by atoms with Crippen LogP contribution in [0.2, 0.25) is 0 Å². The van der Waals surface area contributed by atoms with Gasteiger partial charge in [0.15, 0.2) is 0 Å². The van der Waals surface area contributed by atoms with E-state index >= 15 is 0 Å². The van der Waals surface area contributed by atoms with Gasteiger partial charge in [-0.3, -0.25) is 4.79 Å². The first kappa shape index (κ1) is 16.3. The fourth-order valence-corrected chi connectivity index (χ4v) is 2.64. The van der Waals surface area contributed by atoms with Gasteiger partial charge in [0.1, 0.15) is 0 Å². The van der Waals surface area contributed by atoms with E-state index < -0.39 is 0 Å². The minimum absolute atomic E-state index is 0.0531. The van der Waals surface area contributed by atoms with Gasteiger partial charge in [0.2, 0.25) is 0 Å². The van der Waals surface area contributed by atoms with Crippen molar-refractivity contribution in [2.45, 2.75) is 45.6 Å². The number of benzene rings is 2. The van der Waals surface area contributed by atoms with E-state index in [-0.39, 0.29) is 11.9 Å². The van der Waals surface area contributed by atoms with Crippen LogP contribution in [0.15, 0.2) is 54.6 Å². The van der Waals surface area contributed by atoms with Crippen molar-refractivity contribution in [2.24, 2.45) is 0 Å². The molecular weight excluding hydrogens is 270 g/mol. The molecule has 2 rings (SSSR count). The van der Waals surface area contributed by atoms with E-state index in [2.05, 4.69) is 49.5 Å². The van der Waals surface area contributed by atoms with Gasteiger partial charge in [-0.1, -0.05) is 62.4 Å². The largest absolute Gasteiger partial charge is 0.349 e. The van der Waals surface area contributed by atoms with E-state index in [1.165, 1.54) is 5.56 Å². The van der Waals surface area contributed by atoms with Crippen LogP contribution in [0.5, 0.6) is 0 Å². The summed E-state index contributed by atoms with van der Waals surface area (Å²) in [6.07, 6.45) is 3.77. The molecule has 0 fully saturated rings. The van der Waals surface area contributed by atoms with Gasteiger partial charge in [-0.25, -0.2) is 0 Å². The number of nitrogens with one attached hydrogen (secondary N) is 1. The van der Waals surface area contributed by atoms with Gasteiger partial charge in [0.25, 0.3) is 5.91 Å². The lowest BCUT2D eigenvalue weighted by atomic mass is 9.99. The summed E-state index contributed by atoms with van der Waals surface area (Å²) in [5.74, 6) is 0.0531. The summed E-state index contributed by atoms with van der Waals surface area (Å²) in [4.78, 5) is 12.5. The van der Waals surface area contributed by atoms with Crippen LogP contribution >= 0.6 is 0 Å². The highest BCUT2D eigenvalue weighted by atomic mass is 16.1. The van der Waals surface area contributed by atoms with Gasteiger partial charge in [-0.15, -0.1) is 0 Å². The molecule has 1 amide bonds. The highest BCUT2D eigenvalue weighted by Gasteiger charge is 2.13. The maximum Gasteiger partial charge on any atom is 0.251 e. The molecule has 0 aromatic heterocycles. The molecule has 0 radical (unpaired) electrons. The Morgan fingerprint density at radius 1 is 0.909 bits per heavy atom. The van der Waals surface area contributed by atoms with Crippen molar-refractivity contribution in [3.05, 3.63) is 71.3 Å². The van der Waals surface area contributed by atoms with Crippen molar-refractivity contribution in [2.75, 3.05) is 0 Å². The number of rotatable bonds is 7. The third-order valence-corrected chi connectivity index (χ3v) is 4.11. The van der Waals surface area contributed by atoms with Gasteiger partial charge in [0, 0.05) is 11.6 Å². The van der Waals surface area contributed by atoms with E-state index in [0.29, 0.717) is 0 Å². The highest BCUT2D eigenvalue weighted by Crippen LogP contribution is 2.13. The Kier molecular flexibility index (Phi) is 6.20. The van der Waals surface area contributed by atoms with Crippen LogP contribution in [0, 0.1) is 0 Å². The molecule has 1 N–H and O–H groups in total. The van der Waals surface area contributed by atoms with Gasteiger partial charge < -0.3 is 5.32 Å². The molecule has 0 saturated carbocycles. The van der Waals surface area contributed by atoms with Crippen LogP contribution in [-0.4, -0.2) is 11.9 Å². The summed E-state index contributed by atoms with van der Waals surface area (Å²) in [5.41, 5.74) is 3.23. The predicted octanol–water partition coefficient (Wildman–Crippen LogP) is 4.39. The lowest BCUT2D eigenvalue weighted by Gasteiger charge is -2.16. The molecule has 0 aliphatic carbocycles. The van der Waals surface area contributed by atoms with Crippen molar-refractivity contribution in [3.63, 3.8) is 0 Å². The quantitative estimate of drug-likeness (QED) is 0.806. The van der Waals surface area contributed by atoms with Crippen LogP contribution in [0.25, 0.3) is 0 Å². The van der Waals surface area contributed by atoms with Crippen LogP contribution in [0.4, 0.5) is 0 Å². The first-order valence-corrected chi connectivity index (χ1v) is 8.17. The van der Waals surface area contributed by atoms with Crippen molar-refractivity contribution in [1.29, 1.82) is 0 Å². The maximum absolute atomic E-state index is 12.5. The summed E-state index contributed by atoms with van der Waals surface area (Å²) < 4.78 is 0. The molecule has 2 heteroatoms. The molecule has 22 heavy (non-hydrogen) atoms. The molecule has 0 heterocycles. The van der Waals surface area contributed by atoms with E-state index in [4.69, 9.17) is 0 Å². The summed E-state index contributed by atoms with van der Waals surface area (Å²) in [6, 6.07) is 18.6. The molecule has 2 aromatic carbocycles.